The summed E-state index contributed by atoms with van der Waals surface area (Å²) in [5.74, 6) is -3.48. The van der Waals surface area contributed by atoms with Gasteiger partial charge in [-0.25, -0.2) is 0 Å². The minimum absolute atomic E-state index is 0.00812. The maximum atomic E-state index is 14.2. The van der Waals surface area contributed by atoms with E-state index in [0.717, 1.165) is 24.3 Å². The number of benzene rings is 2. The summed E-state index contributed by atoms with van der Waals surface area (Å²) >= 11 is 0. The quantitative estimate of drug-likeness (QED) is 0.113. The summed E-state index contributed by atoms with van der Waals surface area (Å²) in [6, 6.07) is 17.2. The molecular formula is C44H57NO15Si. The van der Waals surface area contributed by atoms with Crippen LogP contribution in [0.15, 0.2) is 71.8 Å². The molecule has 332 valence electrons. The zero-order valence-electron chi connectivity index (χ0n) is 36.3. The molecule has 0 aromatic heterocycles. The molecule has 2 amide bonds. The van der Waals surface area contributed by atoms with Gasteiger partial charge in [-0.05, 0) is 37.5 Å². The number of nitrogens with zero attached hydrogens (tertiary/aromatic N) is 1. The Balaban J connectivity index is 1.48. The van der Waals surface area contributed by atoms with E-state index in [-0.39, 0.29) is 36.0 Å². The predicted octanol–water partition coefficient (Wildman–Crippen LogP) is 5.04. The molecule has 4 aliphatic rings. The van der Waals surface area contributed by atoms with Crippen LogP contribution in [0.2, 0.25) is 18.1 Å². The van der Waals surface area contributed by atoms with Crippen LogP contribution in [0, 0.1) is 0 Å². The van der Waals surface area contributed by atoms with Crippen LogP contribution in [-0.4, -0.2) is 118 Å². The number of hydrogen-bond donors (Lipinski definition) is 0. The lowest BCUT2D eigenvalue weighted by molar-refractivity contribution is -0.378. The molecular weight excluding hydrogens is 811 g/mol. The largest absolute Gasteiger partial charge is 0.456 e. The van der Waals surface area contributed by atoms with Gasteiger partial charge < -0.3 is 47.1 Å². The third kappa shape index (κ3) is 10.3. The molecule has 0 spiro atoms. The summed E-state index contributed by atoms with van der Waals surface area (Å²) in [7, 11) is -2.76. The van der Waals surface area contributed by atoms with Crippen LogP contribution in [0.5, 0.6) is 0 Å². The van der Waals surface area contributed by atoms with Crippen LogP contribution in [0.25, 0.3) is 0 Å². The van der Waals surface area contributed by atoms with Crippen molar-refractivity contribution in [3.05, 3.63) is 82.9 Å². The van der Waals surface area contributed by atoms with Gasteiger partial charge >= 0.3 is 17.9 Å². The third-order valence-corrected chi connectivity index (χ3v) is 16.2. The summed E-state index contributed by atoms with van der Waals surface area (Å²) in [4.78, 5) is 67.9. The first-order valence-corrected chi connectivity index (χ1v) is 23.3. The number of carbonyl (C=O) groups is 5. The van der Waals surface area contributed by atoms with E-state index in [1.165, 1.54) is 6.92 Å². The van der Waals surface area contributed by atoms with Crippen molar-refractivity contribution in [3.8, 4) is 0 Å². The van der Waals surface area contributed by atoms with Crippen molar-refractivity contribution in [2.45, 2.75) is 148 Å². The number of rotatable bonds is 13. The van der Waals surface area contributed by atoms with Crippen LogP contribution in [0.3, 0.4) is 0 Å². The van der Waals surface area contributed by atoms with E-state index < -0.39 is 106 Å². The first-order valence-electron chi connectivity index (χ1n) is 20.4. The summed E-state index contributed by atoms with van der Waals surface area (Å²) < 4.78 is 63.6. The number of carbonyl (C=O) groups excluding carboxylic acids is 5. The second-order valence-electron chi connectivity index (χ2n) is 17.2. The zero-order chi connectivity index (χ0) is 44.4. The van der Waals surface area contributed by atoms with E-state index in [1.807, 2.05) is 94.5 Å². The van der Waals surface area contributed by atoms with Gasteiger partial charge in [0.05, 0.1) is 19.8 Å². The van der Waals surface area contributed by atoms with Crippen molar-refractivity contribution in [1.82, 2.24) is 4.90 Å². The van der Waals surface area contributed by atoms with Crippen LogP contribution >= 0.6 is 0 Å². The molecule has 0 radical (unpaired) electrons. The van der Waals surface area contributed by atoms with Gasteiger partial charge in [0, 0.05) is 37.5 Å². The molecule has 2 aromatic rings. The highest BCUT2D eigenvalue weighted by Crippen LogP contribution is 2.44. The number of imide groups is 1. The maximum absolute atomic E-state index is 14.2. The van der Waals surface area contributed by atoms with Crippen LogP contribution < -0.4 is 0 Å². The SMILES string of the molecule is CC(=O)O[C@H]1[C@@H](OC(C)=O)[C@@H](COCc2ccccc2)O[C@@H](O[C@H]2[C@@H]3OC(c4ccccc4)OC[C@H]3O[C@@H](O[Si](C)(C)C(C)(C)C)[C@@H]2N2C(=O)C(C)=C(C)C2=O)[C@@H]1OC(C)=O. The van der Waals surface area contributed by atoms with Crippen LogP contribution in [0.4, 0.5) is 0 Å². The van der Waals surface area contributed by atoms with Gasteiger partial charge in [0.25, 0.3) is 11.8 Å². The number of fused-ring (bicyclic) bond motifs is 1. The fourth-order valence-corrected chi connectivity index (χ4v) is 8.63. The normalized spacial score (nSPS) is 30.8. The number of amides is 2. The average Bonchev–Trinajstić information content (AvgIpc) is 3.38. The predicted molar refractivity (Wildman–Crippen MR) is 217 cm³/mol. The molecule has 4 heterocycles. The van der Waals surface area contributed by atoms with E-state index in [0.29, 0.717) is 5.56 Å². The molecule has 0 aliphatic carbocycles. The summed E-state index contributed by atoms with van der Waals surface area (Å²) in [6.07, 6.45) is -12.6. The fraction of sp³-hybridized carbons (Fsp3) is 0.568. The number of ether oxygens (including phenoxy) is 9. The summed E-state index contributed by atoms with van der Waals surface area (Å²) in [5, 5.41) is -0.349. The van der Waals surface area contributed by atoms with E-state index in [4.69, 9.17) is 47.1 Å². The summed E-state index contributed by atoms with van der Waals surface area (Å²) in [5.41, 5.74) is 1.98. The minimum Gasteiger partial charge on any atom is -0.456 e. The molecule has 1 unspecified atom stereocenters. The van der Waals surface area contributed by atoms with Crippen molar-refractivity contribution in [3.63, 3.8) is 0 Å². The highest BCUT2D eigenvalue weighted by atomic mass is 28.4. The van der Waals surface area contributed by atoms with Gasteiger partial charge in [-0.2, -0.15) is 0 Å². The van der Waals surface area contributed by atoms with E-state index in [9.17, 15) is 24.0 Å². The van der Waals surface area contributed by atoms with Gasteiger partial charge in [0.1, 0.15) is 30.5 Å². The van der Waals surface area contributed by atoms with Gasteiger partial charge in [-0.3, -0.25) is 28.9 Å². The van der Waals surface area contributed by atoms with Gasteiger partial charge in [-0.1, -0.05) is 81.4 Å². The Kier molecular flexibility index (Phi) is 14.4. The molecule has 16 nitrogen and oxygen atoms in total. The molecule has 2 aromatic carbocycles. The number of hydrogen-bond acceptors (Lipinski definition) is 15. The Bertz CT molecular complexity index is 1930. The maximum Gasteiger partial charge on any atom is 0.303 e. The zero-order valence-corrected chi connectivity index (χ0v) is 37.3. The fourth-order valence-electron chi connectivity index (χ4n) is 7.50. The monoisotopic (exact) mass is 867 g/mol. The minimum atomic E-state index is -2.76. The smallest absolute Gasteiger partial charge is 0.303 e. The third-order valence-electron chi connectivity index (χ3n) is 11.7. The lowest BCUT2D eigenvalue weighted by Gasteiger charge is -2.54. The molecule has 17 heteroatoms. The van der Waals surface area contributed by atoms with Gasteiger partial charge in [-0.15, -0.1) is 0 Å². The van der Waals surface area contributed by atoms with Gasteiger partial charge in [0.2, 0.25) is 0 Å². The van der Waals surface area contributed by atoms with Crippen LogP contribution in [0.1, 0.15) is 72.8 Å². The van der Waals surface area contributed by atoms with Gasteiger partial charge in [0.15, 0.2) is 45.5 Å². The van der Waals surface area contributed by atoms with Crippen molar-refractivity contribution < 1.29 is 71.0 Å². The van der Waals surface area contributed by atoms with Crippen molar-refractivity contribution in [2.24, 2.45) is 0 Å². The highest BCUT2D eigenvalue weighted by Gasteiger charge is 2.61. The molecule has 3 fully saturated rings. The Labute approximate surface area is 357 Å². The highest BCUT2D eigenvalue weighted by molar-refractivity contribution is 6.74. The lowest BCUT2D eigenvalue weighted by atomic mass is 9.93. The molecule has 0 bridgehead atoms. The van der Waals surface area contributed by atoms with Crippen molar-refractivity contribution in [2.75, 3.05) is 13.2 Å². The lowest BCUT2D eigenvalue weighted by Crippen LogP contribution is -2.71. The van der Waals surface area contributed by atoms with E-state index in [1.54, 1.807) is 13.8 Å². The van der Waals surface area contributed by atoms with Crippen molar-refractivity contribution >= 4 is 38.0 Å². The van der Waals surface area contributed by atoms with E-state index in [2.05, 4.69) is 0 Å². The molecule has 61 heavy (non-hydrogen) atoms. The second-order valence-corrected chi connectivity index (χ2v) is 21.9. The van der Waals surface area contributed by atoms with Crippen LogP contribution in [-0.2, 0) is 77.6 Å². The molecule has 4 aliphatic heterocycles. The Morgan fingerprint density at radius 2 is 1.30 bits per heavy atom. The van der Waals surface area contributed by atoms with Crippen molar-refractivity contribution in [1.29, 1.82) is 0 Å². The Morgan fingerprint density at radius 3 is 1.87 bits per heavy atom. The average molecular weight is 868 g/mol. The summed E-state index contributed by atoms with van der Waals surface area (Å²) in [6.45, 7) is 16.7. The first-order chi connectivity index (χ1) is 28.8. The Hall–Kier alpha value is -4.33. The molecule has 3 saturated heterocycles. The molecule has 6 rings (SSSR count). The molecule has 11 atom stereocenters. The second kappa shape index (κ2) is 19.0. The first kappa shape index (κ1) is 46.2. The van der Waals surface area contributed by atoms with E-state index >= 15 is 0 Å². The molecule has 0 saturated carbocycles. The number of esters is 3. The topological polar surface area (TPSA) is 181 Å². The standard InChI is InChI=1S/C44H57NO15Si/c1-24-25(2)40(50)45(39(24)49)33-36(34-32(56-42(33)60-61(9,10)44(6,7)8)23-52-41(58-34)30-19-15-12-16-20-30)59-43-38(55-28(5)48)37(54-27(4)47)35(53-26(3)46)31(57-43)22-51-21-29-17-13-11-14-18-29/h11-20,31-38,41-43H,21-23H2,1-10H3/t31-,32-,33-,34-,35+,36-,37+,38-,41?,42+,43+/m1/s1. The molecule has 0 N–H and O–H groups in total. The Morgan fingerprint density at radius 1 is 0.738 bits per heavy atom.